The quantitative estimate of drug-likeness (QED) is 0.896. The molecule has 1 amide bonds. The Hall–Kier alpha value is -1.46. The number of rotatable bonds is 5. The van der Waals surface area contributed by atoms with Crippen molar-refractivity contribution in [1.29, 1.82) is 0 Å². The molecule has 1 N–H and O–H groups in total. The maximum Gasteiger partial charge on any atom is 0.249 e. The molecule has 124 valence electrons. The van der Waals surface area contributed by atoms with Crippen LogP contribution in [0.3, 0.4) is 0 Å². The normalized spacial score (nSPS) is 30.9. The third kappa shape index (κ3) is 3.72. The number of ether oxygens (including phenoxy) is 1. The van der Waals surface area contributed by atoms with Crippen LogP contribution in [0.4, 0.5) is 0 Å². The Bertz CT molecular complexity index is 546. The van der Waals surface area contributed by atoms with Gasteiger partial charge in [0.25, 0.3) is 0 Å². The molecule has 2 saturated heterocycles. The highest BCUT2D eigenvalue weighted by Gasteiger charge is 2.41. The zero-order chi connectivity index (χ0) is 15.6. The second-order valence-electron chi connectivity index (χ2n) is 7.23. The van der Waals surface area contributed by atoms with Gasteiger partial charge in [0.15, 0.2) is 0 Å². The van der Waals surface area contributed by atoms with E-state index in [1.54, 1.807) is 0 Å². The zero-order valence-corrected chi connectivity index (χ0v) is 13.5. The molecule has 5 heteroatoms. The number of fused-ring (bicyclic) bond motifs is 1. The van der Waals surface area contributed by atoms with Crippen molar-refractivity contribution in [2.45, 2.75) is 44.4 Å². The van der Waals surface area contributed by atoms with Gasteiger partial charge in [-0.2, -0.15) is 0 Å². The maximum atomic E-state index is 12.2. The molecule has 23 heavy (non-hydrogen) atoms. The second kappa shape index (κ2) is 6.57. The summed E-state index contributed by atoms with van der Waals surface area (Å²) in [6, 6.07) is 4.13. The van der Waals surface area contributed by atoms with Gasteiger partial charge in [-0.3, -0.25) is 14.7 Å². The number of aromatic nitrogens is 1. The summed E-state index contributed by atoms with van der Waals surface area (Å²) in [5, 5.41) is 3.06. The third-order valence-electron chi connectivity index (χ3n) is 5.35. The van der Waals surface area contributed by atoms with Crippen LogP contribution < -0.4 is 5.32 Å². The van der Waals surface area contributed by atoms with E-state index >= 15 is 0 Å². The van der Waals surface area contributed by atoms with Crippen molar-refractivity contribution in [2.24, 2.45) is 11.8 Å². The van der Waals surface area contributed by atoms with Gasteiger partial charge < -0.3 is 10.1 Å². The lowest BCUT2D eigenvalue weighted by atomic mass is 9.91. The fourth-order valence-corrected chi connectivity index (χ4v) is 3.73. The molecule has 1 aromatic rings. The molecule has 0 aromatic carbocycles. The number of carbonyl (C=O) groups is 1. The van der Waals surface area contributed by atoms with Crippen LogP contribution in [0, 0.1) is 11.8 Å². The van der Waals surface area contributed by atoms with E-state index in [4.69, 9.17) is 4.74 Å². The van der Waals surface area contributed by atoms with Gasteiger partial charge in [-0.15, -0.1) is 0 Å². The van der Waals surface area contributed by atoms with Crippen LogP contribution in [0.15, 0.2) is 24.5 Å². The topological polar surface area (TPSA) is 54.5 Å². The molecule has 3 atom stereocenters. The van der Waals surface area contributed by atoms with Gasteiger partial charge in [-0.1, -0.05) is 0 Å². The number of carbonyl (C=O) groups excluding carboxylic acids is 1. The molecule has 4 rings (SSSR count). The molecule has 3 fully saturated rings. The number of hydrogen-bond acceptors (Lipinski definition) is 4. The van der Waals surface area contributed by atoms with E-state index in [0.717, 1.165) is 44.9 Å². The summed E-state index contributed by atoms with van der Waals surface area (Å²) in [5.41, 5.74) is 1.29. The van der Waals surface area contributed by atoms with Crippen molar-refractivity contribution >= 4 is 5.91 Å². The fraction of sp³-hybridized carbons (Fsp3) is 0.667. The molecule has 0 radical (unpaired) electrons. The van der Waals surface area contributed by atoms with Crippen LogP contribution in [-0.4, -0.2) is 47.6 Å². The molecule has 1 saturated carbocycles. The van der Waals surface area contributed by atoms with Crippen molar-refractivity contribution < 1.29 is 9.53 Å². The van der Waals surface area contributed by atoms with E-state index in [9.17, 15) is 4.79 Å². The average molecular weight is 315 g/mol. The summed E-state index contributed by atoms with van der Waals surface area (Å²) in [6.45, 7) is 3.79. The summed E-state index contributed by atoms with van der Waals surface area (Å²) in [5.74, 6) is 1.37. The highest BCUT2D eigenvalue weighted by Crippen LogP contribution is 2.34. The lowest BCUT2D eigenvalue weighted by molar-refractivity contribution is -0.132. The van der Waals surface area contributed by atoms with Crippen LogP contribution in [-0.2, 0) is 16.1 Å². The lowest BCUT2D eigenvalue weighted by Crippen LogP contribution is -2.42. The van der Waals surface area contributed by atoms with Crippen molar-refractivity contribution in [1.82, 2.24) is 15.2 Å². The number of amides is 1. The monoisotopic (exact) mass is 315 g/mol. The Morgan fingerprint density at radius 1 is 1.30 bits per heavy atom. The molecule has 5 nitrogen and oxygen atoms in total. The predicted molar refractivity (Wildman–Crippen MR) is 86.6 cm³/mol. The first-order valence-corrected chi connectivity index (χ1v) is 8.82. The maximum absolute atomic E-state index is 12.2. The number of pyridine rings is 1. The van der Waals surface area contributed by atoms with E-state index in [1.165, 1.54) is 18.4 Å². The second-order valence-corrected chi connectivity index (χ2v) is 7.23. The predicted octanol–water partition coefficient (Wildman–Crippen LogP) is 1.59. The molecular weight excluding hydrogens is 290 g/mol. The molecule has 1 aliphatic carbocycles. The minimum Gasteiger partial charge on any atom is -0.364 e. The molecule has 3 heterocycles. The SMILES string of the molecule is O=C(NCC1CC1)[C@@H]1C[C@H]2CCN(Cc3ccncc3)C[C@H]2O1. The first-order chi connectivity index (χ1) is 11.3. The Kier molecular flexibility index (Phi) is 4.31. The number of piperidine rings is 1. The number of hydrogen-bond donors (Lipinski definition) is 1. The Morgan fingerprint density at radius 3 is 2.91 bits per heavy atom. The van der Waals surface area contributed by atoms with Gasteiger partial charge in [-0.25, -0.2) is 0 Å². The average Bonchev–Trinajstić information content (AvgIpc) is 3.31. The van der Waals surface area contributed by atoms with Crippen LogP contribution in [0.5, 0.6) is 0 Å². The van der Waals surface area contributed by atoms with Gasteiger partial charge in [0.1, 0.15) is 6.10 Å². The molecule has 0 bridgehead atoms. The highest BCUT2D eigenvalue weighted by molar-refractivity contribution is 5.81. The minimum atomic E-state index is -0.232. The molecule has 1 aromatic heterocycles. The zero-order valence-electron chi connectivity index (χ0n) is 13.5. The summed E-state index contributed by atoms with van der Waals surface area (Å²) in [7, 11) is 0. The first kappa shape index (κ1) is 15.1. The van der Waals surface area contributed by atoms with E-state index in [-0.39, 0.29) is 18.1 Å². The molecule has 2 aliphatic heterocycles. The van der Waals surface area contributed by atoms with Crippen LogP contribution in [0.2, 0.25) is 0 Å². The van der Waals surface area contributed by atoms with Gasteiger partial charge in [-0.05, 0) is 61.8 Å². The van der Waals surface area contributed by atoms with E-state index in [2.05, 4.69) is 27.3 Å². The molecule has 3 aliphatic rings. The Balaban J connectivity index is 1.28. The number of nitrogens with one attached hydrogen (secondary N) is 1. The van der Waals surface area contributed by atoms with E-state index < -0.39 is 0 Å². The first-order valence-electron chi connectivity index (χ1n) is 8.82. The van der Waals surface area contributed by atoms with Crippen molar-refractivity contribution in [3.05, 3.63) is 30.1 Å². The number of nitrogens with zero attached hydrogens (tertiary/aromatic N) is 2. The van der Waals surface area contributed by atoms with Gasteiger partial charge >= 0.3 is 0 Å². The van der Waals surface area contributed by atoms with Gasteiger partial charge in [0.05, 0.1) is 6.10 Å². The smallest absolute Gasteiger partial charge is 0.249 e. The van der Waals surface area contributed by atoms with Crippen LogP contribution in [0.1, 0.15) is 31.2 Å². The van der Waals surface area contributed by atoms with Crippen LogP contribution >= 0.6 is 0 Å². The third-order valence-corrected chi connectivity index (χ3v) is 5.35. The van der Waals surface area contributed by atoms with E-state index in [0.29, 0.717) is 5.92 Å². The lowest BCUT2D eigenvalue weighted by Gasteiger charge is -2.34. The van der Waals surface area contributed by atoms with Crippen LogP contribution in [0.25, 0.3) is 0 Å². The highest BCUT2D eigenvalue weighted by atomic mass is 16.5. The summed E-state index contributed by atoms with van der Waals surface area (Å²) in [6.07, 6.45) is 8.21. The van der Waals surface area contributed by atoms with Gasteiger partial charge in [0.2, 0.25) is 5.91 Å². The summed E-state index contributed by atoms with van der Waals surface area (Å²) >= 11 is 0. The van der Waals surface area contributed by atoms with Crippen molar-refractivity contribution in [2.75, 3.05) is 19.6 Å². The molecule has 0 spiro atoms. The summed E-state index contributed by atoms with van der Waals surface area (Å²) < 4.78 is 6.08. The largest absolute Gasteiger partial charge is 0.364 e. The minimum absolute atomic E-state index is 0.104. The Morgan fingerprint density at radius 2 is 2.13 bits per heavy atom. The number of likely N-dealkylation sites (tertiary alicyclic amines) is 1. The fourth-order valence-electron chi connectivity index (χ4n) is 3.73. The summed E-state index contributed by atoms with van der Waals surface area (Å²) in [4.78, 5) is 18.7. The van der Waals surface area contributed by atoms with E-state index in [1.807, 2.05) is 12.4 Å². The Labute approximate surface area is 137 Å². The van der Waals surface area contributed by atoms with Gasteiger partial charge in [0, 0.05) is 32.0 Å². The standard InChI is InChI=1S/C18H25N3O2/c22-18(20-10-13-1-2-13)16-9-15-5-8-21(12-17(15)23-16)11-14-3-6-19-7-4-14/h3-4,6-7,13,15-17H,1-2,5,8-12H2,(H,20,22)/t15-,16+,17-/m1/s1. The molecular formula is C18H25N3O2. The van der Waals surface area contributed by atoms with Crippen molar-refractivity contribution in [3.63, 3.8) is 0 Å². The van der Waals surface area contributed by atoms with Crippen molar-refractivity contribution in [3.8, 4) is 0 Å². The molecule has 0 unspecified atom stereocenters.